The lowest BCUT2D eigenvalue weighted by molar-refractivity contribution is -0.123. The number of allylic oxidation sites excluding steroid dienone is 3. The zero-order valence-electron chi connectivity index (χ0n) is 17.4. The predicted molar refractivity (Wildman–Crippen MR) is 123 cm³/mol. The van der Waals surface area contributed by atoms with E-state index in [9.17, 15) is 4.79 Å². The molecule has 1 saturated heterocycles. The van der Waals surface area contributed by atoms with Crippen LogP contribution in [0.15, 0.2) is 42.5 Å². The van der Waals surface area contributed by atoms with E-state index in [0.29, 0.717) is 6.42 Å². The Labute approximate surface area is 187 Å². The third-order valence-corrected chi connectivity index (χ3v) is 6.07. The molecule has 2 heterocycles. The van der Waals surface area contributed by atoms with Crippen molar-refractivity contribution in [2.24, 2.45) is 5.92 Å². The van der Waals surface area contributed by atoms with Gasteiger partial charge in [0, 0.05) is 31.7 Å². The minimum absolute atomic E-state index is 0.0135. The fourth-order valence-corrected chi connectivity index (χ4v) is 4.22. The number of aromatic amines is 1. The molecule has 0 bridgehead atoms. The van der Waals surface area contributed by atoms with Crippen molar-refractivity contribution in [3.63, 3.8) is 0 Å². The van der Waals surface area contributed by atoms with Crippen molar-refractivity contribution < 1.29 is 4.79 Å². The fourth-order valence-electron chi connectivity index (χ4n) is 3.92. The lowest BCUT2D eigenvalue weighted by Crippen LogP contribution is -2.44. The summed E-state index contributed by atoms with van der Waals surface area (Å²) in [6.45, 7) is 4.00. The van der Waals surface area contributed by atoms with Gasteiger partial charge in [0.25, 0.3) is 0 Å². The SMILES string of the molecule is CN1CCN(c2ccc(-c3cc(C4=CC=CC(C(=O)NCC#N)C4)n[nH]3)cc2Cl)CC1. The van der Waals surface area contributed by atoms with E-state index in [1.807, 2.05) is 36.4 Å². The molecular formula is C23H25ClN6O. The van der Waals surface area contributed by atoms with E-state index in [1.54, 1.807) is 0 Å². The summed E-state index contributed by atoms with van der Waals surface area (Å²) in [7, 11) is 2.14. The number of rotatable bonds is 5. The Hall–Kier alpha value is -3.08. The largest absolute Gasteiger partial charge is 0.368 e. The minimum atomic E-state index is -0.300. The van der Waals surface area contributed by atoms with Crippen molar-refractivity contribution in [2.75, 3.05) is 44.7 Å². The van der Waals surface area contributed by atoms with E-state index in [2.05, 4.69) is 44.5 Å². The van der Waals surface area contributed by atoms with Gasteiger partial charge in [-0.1, -0.05) is 35.9 Å². The highest BCUT2D eigenvalue weighted by molar-refractivity contribution is 6.33. The number of halogens is 1. The molecule has 2 aromatic rings. The highest BCUT2D eigenvalue weighted by atomic mass is 35.5. The first kappa shape index (κ1) is 21.2. The molecule has 160 valence electrons. The van der Waals surface area contributed by atoms with E-state index in [-0.39, 0.29) is 18.4 Å². The van der Waals surface area contributed by atoms with Gasteiger partial charge in [0.1, 0.15) is 6.54 Å². The third kappa shape index (κ3) is 4.82. The van der Waals surface area contributed by atoms with Gasteiger partial charge in [0.05, 0.1) is 34.1 Å². The second kappa shape index (κ2) is 9.38. The zero-order valence-corrected chi connectivity index (χ0v) is 18.2. The van der Waals surface area contributed by atoms with Crippen LogP contribution in [0.3, 0.4) is 0 Å². The maximum Gasteiger partial charge on any atom is 0.228 e. The quantitative estimate of drug-likeness (QED) is 0.703. The number of carbonyl (C=O) groups excluding carboxylic acids is 1. The van der Waals surface area contributed by atoms with Crippen molar-refractivity contribution >= 4 is 28.8 Å². The molecule has 1 aliphatic carbocycles. The van der Waals surface area contributed by atoms with Crippen molar-refractivity contribution in [3.8, 4) is 17.3 Å². The number of likely N-dealkylation sites (N-methyl/N-ethyl adjacent to an activating group) is 1. The molecule has 1 aromatic carbocycles. The molecule has 2 aliphatic rings. The van der Waals surface area contributed by atoms with Crippen LogP contribution < -0.4 is 10.2 Å². The average Bonchev–Trinajstić information content (AvgIpc) is 3.29. The highest BCUT2D eigenvalue weighted by Crippen LogP contribution is 2.33. The standard InChI is InChI=1S/C23H25ClN6O/c1-29-9-11-30(12-10-29)22-6-5-17(14-19(22)24)21-15-20(27-28-21)16-3-2-4-18(13-16)23(31)26-8-7-25/h2-6,14-15,18H,8-13H2,1H3,(H,26,31)(H,27,28). The van der Waals surface area contributed by atoms with Crippen LogP contribution in [0.2, 0.25) is 5.02 Å². The molecule has 1 fully saturated rings. The number of anilines is 1. The molecule has 8 heteroatoms. The number of hydrogen-bond donors (Lipinski definition) is 2. The Morgan fingerprint density at radius 3 is 2.87 bits per heavy atom. The molecule has 4 rings (SSSR count). The number of benzene rings is 1. The molecule has 0 spiro atoms. The fraction of sp³-hybridized carbons (Fsp3) is 0.348. The molecule has 7 nitrogen and oxygen atoms in total. The monoisotopic (exact) mass is 436 g/mol. The molecule has 2 N–H and O–H groups in total. The number of nitriles is 1. The Kier molecular flexibility index (Phi) is 6.40. The number of hydrogen-bond acceptors (Lipinski definition) is 5. The molecule has 1 aromatic heterocycles. The van der Waals surface area contributed by atoms with Crippen LogP contribution in [-0.2, 0) is 4.79 Å². The Morgan fingerprint density at radius 1 is 1.32 bits per heavy atom. The minimum Gasteiger partial charge on any atom is -0.368 e. The van der Waals surface area contributed by atoms with Gasteiger partial charge < -0.3 is 15.1 Å². The number of nitrogens with one attached hydrogen (secondary N) is 2. The molecule has 1 unspecified atom stereocenters. The van der Waals surface area contributed by atoms with Gasteiger partial charge in [-0.15, -0.1) is 0 Å². The zero-order chi connectivity index (χ0) is 21.8. The summed E-state index contributed by atoms with van der Waals surface area (Å²) in [4.78, 5) is 16.8. The van der Waals surface area contributed by atoms with Gasteiger partial charge in [-0.05, 0) is 37.2 Å². The van der Waals surface area contributed by atoms with E-state index >= 15 is 0 Å². The van der Waals surface area contributed by atoms with E-state index in [4.69, 9.17) is 16.9 Å². The lowest BCUT2D eigenvalue weighted by Gasteiger charge is -2.34. The predicted octanol–water partition coefficient (Wildman–Crippen LogP) is 3.08. The summed E-state index contributed by atoms with van der Waals surface area (Å²) in [5.74, 6) is -0.448. The van der Waals surface area contributed by atoms with Gasteiger partial charge in [-0.2, -0.15) is 10.4 Å². The molecule has 31 heavy (non-hydrogen) atoms. The second-order valence-electron chi connectivity index (χ2n) is 7.89. The van der Waals surface area contributed by atoms with Crippen LogP contribution >= 0.6 is 11.6 Å². The first-order valence-electron chi connectivity index (χ1n) is 10.4. The van der Waals surface area contributed by atoms with E-state index < -0.39 is 0 Å². The maximum absolute atomic E-state index is 12.2. The summed E-state index contributed by atoms with van der Waals surface area (Å²) in [5, 5.41) is 19.5. The molecule has 1 amide bonds. The topological polar surface area (TPSA) is 88.0 Å². The van der Waals surface area contributed by atoms with Gasteiger partial charge in [0.2, 0.25) is 5.91 Å². The van der Waals surface area contributed by atoms with Crippen molar-refractivity contribution in [1.29, 1.82) is 5.26 Å². The Morgan fingerprint density at radius 2 is 2.13 bits per heavy atom. The second-order valence-corrected chi connectivity index (χ2v) is 8.29. The maximum atomic E-state index is 12.2. The smallest absolute Gasteiger partial charge is 0.228 e. The summed E-state index contributed by atoms with van der Waals surface area (Å²) >= 11 is 6.62. The molecular weight excluding hydrogens is 412 g/mol. The van der Waals surface area contributed by atoms with Crippen LogP contribution in [0, 0.1) is 17.2 Å². The van der Waals surface area contributed by atoms with Crippen LogP contribution in [-0.4, -0.2) is 60.8 Å². The number of carbonyl (C=O) groups is 1. The first-order valence-corrected chi connectivity index (χ1v) is 10.7. The van der Waals surface area contributed by atoms with Gasteiger partial charge >= 0.3 is 0 Å². The van der Waals surface area contributed by atoms with E-state index in [0.717, 1.165) is 59.4 Å². The number of nitrogens with zero attached hydrogens (tertiary/aromatic N) is 4. The number of piperazine rings is 1. The van der Waals surface area contributed by atoms with Crippen LogP contribution in [0.5, 0.6) is 0 Å². The number of aromatic nitrogens is 2. The molecule has 1 atom stereocenters. The van der Waals surface area contributed by atoms with Crippen molar-refractivity contribution in [3.05, 3.63) is 53.2 Å². The van der Waals surface area contributed by atoms with Crippen LogP contribution in [0.25, 0.3) is 16.8 Å². The lowest BCUT2D eigenvalue weighted by atomic mass is 9.91. The van der Waals surface area contributed by atoms with Crippen LogP contribution in [0.4, 0.5) is 5.69 Å². The molecule has 1 aliphatic heterocycles. The number of amides is 1. The Balaban J connectivity index is 1.47. The molecule has 0 radical (unpaired) electrons. The van der Waals surface area contributed by atoms with Crippen molar-refractivity contribution in [1.82, 2.24) is 20.4 Å². The van der Waals surface area contributed by atoms with Crippen molar-refractivity contribution in [2.45, 2.75) is 6.42 Å². The highest BCUT2D eigenvalue weighted by Gasteiger charge is 2.22. The first-order chi connectivity index (χ1) is 15.0. The van der Waals surface area contributed by atoms with Gasteiger partial charge in [-0.25, -0.2) is 0 Å². The summed E-state index contributed by atoms with van der Waals surface area (Å²) in [6, 6.07) is 10.0. The van der Waals surface area contributed by atoms with Gasteiger partial charge in [-0.3, -0.25) is 9.89 Å². The van der Waals surface area contributed by atoms with Crippen LogP contribution in [0.1, 0.15) is 12.1 Å². The summed E-state index contributed by atoms with van der Waals surface area (Å²) in [5.41, 5.74) is 4.68. The van der Waals surface area contributed by atoms with Gasteiger partial charge in [0.15, 0.2) is 0 Å². The Bertz CT molecular complexity index is 1060. The summed E-state index contributed by atoms with van der Waals surface area (Å²) < 4.78 is 0. The average molecular weight is 437 g/mol. The third-order valence-electron chi connectivity index (χ3n) is 5.77. The normalized spacial score (nSPS) is 19.1. The number of H-pyrrole nitrogens is 1. The summed E-state index contributed by atoms with van der Waals surface area (Å²) in [6.07, 6.45) is 6.23. The van der Waals surface area contributed by atoms with E-state index in [1.165, 1.54) is 0 Å². The molecule has 0 saturated carbocycles.